The number of carbonyl (C=O) groups is 1. The standard InChI is InChI=1S/C26H24FN5O3/c27-16-10-18-19(13-29-24(18)28-12-16)25-31-20(11-21(32-25)35-17-4-2-1-3-5-17)30-23-15-8-6-14(7-9-15)22(23)26(33)34/h1-5,10-15,22-23H,6-9H2,(H,28,29)(H,33,34)(H,30,31,32). The first-order valence-corrected chi connectivity index (χ1v) is 11.8. The van der Waals surface area contributed by atoms with Crippen LogP contribution in [-0.4, -0.2) is 37.1 Å². The Labute approximate surface area is 200 Å². The van der Waals surface area contributed by atoms with E-state index in [2.05, 4.69) is 20.3 Å². The molecule has 9 heteroatoms. The zero-order chi connectivity index (χ0) is 23.9. The van der Waals surface area contributed by atoms with E-state index in [0.717, 1.165) is 31.9 Å². The molecule has 35 heavy (non-hydrogen) atoms. The van der Waals surface area contributed by atoms with E-state index in [-0.39, 0.29) is 17.9 Å². The second-order valence-electron chi connectivity index (χ2n) is 9.29. The first-order chi connectivity index (χ1) is 17.0. The summed E-state index contributed by atoms with van der Waals surface area (Å²) in [6.07, 6.45) is 6.74. The minimum absolute atomic E-state index is 0.166. The normalized spacial score (nSPS) is 23.3. The van der Waals surface area contributed by atoms with Gasteiger partial charge in [-0.3, -0.25) is 4.79 Å². The Kier molecular flexibility index (Phi) is 5.32. The highest BCUT2D eigenvalue weighted by Crippen LogP contribution is 2.46. The third-order valence-electron chi connectivity index (χ3n) is 7.23. The van der Waals surface area contributed by atoms with Crippen LogP contribution in [0.1, 0.15) is 25.7 Å². The third kappa shape index (κ3) is 4.07. The van der Waals surface area contributed by atoms with Gasteiger partial charge in [-0.25, -0.2) is 14.4 Å². The van der Waals surface area contributed by atoms with Gasteiger partial charge < -0.3 is 20.1 Å². The molecule has 3 heterocycles. The van der Waals surface area contributed by atoms with Crippen molar-refractivity contribution in [2.24, 2.45) is 17.8 Å². The van der Waals surface area contributed by atoms with E-state index in [0.29, 0.717) is 39.9 Å². The topological polar surface area (TPSA) is 113 Å². The second kappa shape index (κ2) is 8.65. The number of aliphatic carboxylic acids is 1. The van der Waals surface area contributed by atoms with Crippen LogP contribution in [0.15, 0.2) is 54.9 Å². The summed E-state index contributed by atoms with van der Waals surface area (Å²) < 4.78 is 20.0. The number of nitrogens with zero attached hydrogens (tertiary/aromatic N) is 3. The fourth-order valence-electron chi connectivity index (χ4n) is 5.63. The molecule has 3 N–H and O–H groups in total. The monoisotopic (exact) mass is 473 g/mol. The number of nitrogens with one attached hydrogen (secondary N) is 2. The Morgan fingerprint density at radius 1 is 1.09 bits per heavy atom. The van der Waals surface area contributed by atoms with Crippen LogP contribution in [-0.2, 0) is 4.79 Å². The largest absolute Gasteiger partial charge is 0.481 e. The minimum atomic E-state index is -0.773. The number of benzene rings is 1. The number of para-hydroxylation sites is 1. The van der Waals surface area contributed by atoms with Crippen molar-refractivity contribution in [3.8, 4) is 23.0 Å². The number of aromatic nitrogens is 4. The summed E-state index contributed by atoms with van der Waals surface area (Å²) in [5.74, 6) is 0.441. The Balaban J connectivity index is 1.42. The maximum atomic E-state index is 14.0. The molecule has 8 nitrogen and oxygen atoms in total. The summed E-state index contributed by atoms with van der Waals surface area (Å²) >= 11 is 0. The fourth-order valence-corrected chi connectivity index (χ4v) is 5.63. The summed E-state index contributed by atoms with van der Waals surface area (Å²) in [6, 6.07) is 12.1. The van der Waals surface area contributed by atoms with Crippen LogP contribution in [0.3, 0.4) is 0 Å². The minimum Gasteiger partial charge on any atom is -0.481 e. The van der Waals surface area contributed by atoms with Crippen molar-refractivity contribution in [1.82, 2.24) is 19.9 Å². The van der Waals surface area contributed by atoms with Gasteiger partial charge in [-0.15, -0.1) is 0 Å². The molecule has 4 aromatic rings. The lowest BCUT2D eigenvalue weighted by Gasteiger charge is -2.47. The van der Waals surface area contributed by atoms with E-state index in [1.165, 1.54) is 6.07 Å². The van der Waals surface area contributed by atoms with Gasteiger partial charge in [0.15, 0.2) is 5.82 Å². The molecule has 3 fully saturated rings. The van der Waals surface area contributed by atoms with Gasteiger partial charge in [-0.1, -0.05) is 18.2 Å². The van der Waals surface area contributed by atoms with Gasteiger partial charge in [-0.05, 0) is 55.7 Å². The second-order valence-corrected chi connectivity index (χ2v) is 9.29. The Morgan fingerprint density at radius 3 is 2.63 bits per heavy atom. The predicted octanol–water partition coefficient (Wildman–Crippen LogP) is 5.25. The zero-order valence-corrected chi connectivity index (χ0v) is 18.8. The van der Waals surface area contributed by atoms with Gasteiger partial charge in [-0.2, -0.15) is 4.98 Å². The van der Waals surface area contributed by atoms with Crippen molar-refractivity contribution in [1.29, 1.82) is 0 Å². The van der Waals surface area contributed by atoms with E-state index in [1.807, 2.05) is 30.3 Å². The summed E-state index contributed by atoms with van der Waals surface area (Å²) in [4.78, 5) is 28.6. The molecular formula is C26H24FN5O3. The summed E-state index contributed by atoms with van der Waals surface area (Å²) in [5, 5.41) is 13.9. The van der Waals surface area contributed by atoms with Crippen molar-refractivity contribution in [3.63, 3.8) is 0 Å². The summed E-state index contributed by atoms with van der Waals surface area (Å²) in [7, 11) is 0. The van der Waals surface area contributed by atoms with E-state index >= 15 is 0 Å². The molecule has 2 bridgehead atoms. The Morgan fingerprint density at radius 2 is 1.86 bits per heavy atom. The maximum Gasteiger partial charge on any atom is 0.308 e. The molecule has 2 unspecified atom stereocenters. The molecule has 2 atom stereocenters. The number of ether oxygens (including phenoxy) is 1. The zero-order valence-electron chi connectivity index (χ0n) is 18.8. The number of halogens is 1. The lowest BCUT2D eigenvalue weighted by Crippen LogP contribution is -2.51. The molecule has 3 saturated carbocycles. The number of H-pyrrole nitrogens is 1. The van der Waals surface area contributed by atoms with Gasteiger partial charge in [0.05, 0.1) is 12.1 Å². The van der Waals surface area contributed by atoms with Crippen LogP contribution >= 0.6 is 0 Å². The highest BCUT2D eigenvalue weighted by atomic mass is 19.1. The molecule has 178 valence electrons. The van der Waals surface area contributed by atoms with Crippen molar-refractivity contribution in [3.05, 3.63) is 60.7 Å². The SMILES string of the molecule is O=C(O)C1C2CCC(CC2)C1Nc1cc(Oc2ccccc2)nc(-c2c[nH]c3ncc(F)cc23)n1. The maximum absolute atomic E-state index is 14.0. The molecule has 3 aliphatic carbocycles. The number of anilines is 1. The molecule has 0 amide bonds. The van der Waals surface area contributed by atoms with E-state index in [4.69, 9.17) is 9.72 Å². The smallest absolute Gasteiger partial charge is 0.308 e. The Hall–Kier alpha value is -4.01. The van der Waals surface area contributed by atoms with E-state index in [9.17, 15) is 14.3 Å². The van der Waals surface area contributed by atoms with Crippen LogP contribution in [0, 0.1) is 23.6 Å². The number of hydrogen-bond acceptors (Lipinski definition) is 6. The molecule has 0 aliphatic heterocycles. The summed E-state index contributed by atoms with van der Waals surface area (Å²) in [5.41, 5.74) is 1.10. The first kappa shape index (κ1) is 21.5. The van der Waals surface area contributed by atoms with Crippen LogP contribution in [0.2, 0.25) is 0 Å². The molecule has 3 aliphatic rings. The van der Waals surface area contributed by atoms with E-state index in [1.54, 1.807) is 12.3 Å². The van der Waals surface area contributed by atoms with Crippen LogP contribution < -0.4 is 10.1 Å². The van der Waals surface area contributed by atoms with Gasteiger partial charge in [0.1, 0.15) is 23.0 Å². The molecule has 0 spiro atoms. The number of hydrogen-bond donors (Lipinski definition) is 3. The number of pyridine rings is 1. The van der Waals surface area contributed by atoms with Crippen molar-refractivity contribution < 1.29 is 19.0 Å². The fraction of sp³-hybridized carbons (Fsp3) is 0.308. The van der Waals surface area contributed by atoms with Crippen LogP contribution in [0.4, 0.5) is 10.2 Å². The highest BCUT2D eigenvalue weighted by Gasteiger charge is 2.47. The molecule has 3 aromatic heterocycles. The lowest BCUT2D eigenvalue weighted by molar-refractivity contribution is -0.148. The number of carboxylic acids is 1. The van der Waals surface area contributed by atoms with Crippen molar-refractivity contribution >= 4 is 22.8 Å². The average molecular weight is 474 g/mol. The number of rotatable bonds is 6. The van der Waals surface area contributed by atoms with Gasteiger partial charge >= 0.3 is 5.97 Å². The predicted molar refractivity (Wildman–Crippen MR) is 128 cm³/mol. The first-order valence-electron chi connectivity index (χ1n) is 11.8. The van der Waals surface area contributed by atoms with E-state index < -0.39 is 17.7 Å². The third-order valence-corrected chi connectivity index (χ3v) is 7.23. The quantitative estimate of drug-likeness (QED) is 0.350. The summed E-state index contributed by atoms with van der Waals surface area (Å²) in [6.45, 7) is 0. The van der Waals surface area contributed by atoms with Crippen LogP contribution in [0.25, 0.3) is 22.4 Å². The highest BCUT2D eigenvalue weighted by molar-refractivity contribution is 5.91. The average Bonchev–Trinajstić information content (AvgIpc) is 3.28. The lowest BCUT2D eigenvalue weighted by atomic mass is 9.61. The molecule has 7 rings (SSSR count). The van der Waals surface area contributed by atoms with Gasteiger partial charge in [0.25, 0.3) is 0 Å². The number of aromatic amines is 1. The Bertz CT molecular complexity index is 1380. The molecular weight excluding hydrogens is 449 g/mol. The van der Waals surface area contributed by atoms with Gasteiger partial charge in [0, 0.05) is 29.3 Å². The van der Waals surface area contributed by atoms with Crippen LogP contribution in [0.5, 0.6) is 11.6 Å². The number of carboxylic acid groups (broad SMARTS) is 1. The molecule has 1 aromatic carbocycles. The van der Waals surface area contributed by atoms with Crippen molar-refractivity contribution in [2.45, 2.75) is 31.7 Å². The molecule has 0 radical (unpaired) electrons. The molecule has 0 saturated heterocycles. The van der Waals surface area contributed by atoms with Gasteiger partial charge in [0.2, 0.25) is 5.88 Å². The van der Waals surface area contributed by atoms with Crippen molar-refractivity contribution in [2.75, 3.05) is 5.32 Å². The number of fused-ring (bicyclic) bond motifs is 4.